The Bertz CT molecular complexity index is 495. The zero-order valence-corrected chi connectivity index (χ0v) is 24.1. The Morgan fingerprint density at radius 2 is 0.971 bits per heavy atom. The van der Waals surface area contributed by atoms with Gasteiger partial charge in [0.25, 0.3) is 0 Å². The summed E-state index contributed by atoms with van der Waals surface area (Å²) in [5.41, 5.74) is 0. The molecule has 0 fully saturated rings. The Hall–Kier alpha value is -1.26. The molecule has 0 radical (unpaired) electrons. The average Bonchev–Trinajstić information content (AvgIpc) is 2.84. The minimum absolute atomic E-state index is 0.286. The topological polar surface area (TPSA) is 55.8 Å². The van der Waals surface area contributed by atoms with Gasteiger partial charge in [0.15, 0.2) is 0 Å². The van der Waals surface area contributed by atoms with E-state index in [-0.39, 0.29) is 11.9 Å². The molecule has 1 atom stereocenters. The van der Waals surface area contributed by atoms with E-state index < -0.39 is 12.1 Å². The normalized spacial score (nSPS) is 12.1. The van der Waals surface area contributed by atoms with Gasteiger partial charge < -0.3 is 9.47 Å². The highest BCUT2D eigenvalue weighted by Crippen LogP contribution is 2.15. The predicted molar refractivity (Wildman–Crippen MR) is 148 cm³/mol. The lowest BCUT2D eigenvalue weighted by Crippen LogP contribution is -2.44. The van der Waals surface area contributed by atoms with Crippen molar-refractivity contribution in [2.75, 3.05) is 20.3 Å². The van der Waals surface area contributed by atoms with Gasteiger partial charge in [-0.15, -0.1) is 0 Å². The van der Waals surface area contributed by atoms with E-state index in [2.05, 4.69) is 27.7 Å². The second kappa shape index (κ2) is 24.4. The number of amides is 1. The summed E-state index contributed by atoms with van der Waals surface area (Å²) in [4.78, 5) is 26.5. The summed E-state index contributed by atoms with van der Waals surface area (Å²) in [6, 6.07) is -0.579. The molecule has 0 unspecified atom stereocenters. The second-order valence-corrected chi connectivity index (χ2v) is 10.7. The molecule has 5 nitrogen and oxygen atoms in total. The van der Waals surface area contributed by atoms with Crippen LogP contribution in [-0.2, 0) is 14.3 Å². The van der Waals surface area contributed by atoms with Gasteiger partial charge in [0.05, 0.1) is 13.2 Å². The summed E-state index contributed by atoms with van der Waals surface area (Å²) < 4.78 is 10.9. The highest BCUT2D eigenvalue weighted by molar-refractivity contribution is 5.81. The molecular weight excluding hydrogens is 438 g/mol. The number of likely N-dealkylation sites (N-methyl/N-ethyl adjacent to an activating group) is 1. The van der Waals surface area contributed by atoms with Gasteiger partial charge in [0.1, 0.15) is 6.04 Å². The lowest BCUT2D eigenvalue weighted by atomic mass is 10.0. The summed E-state index contributed by atoms with van der Waals surface area (Å²) in [6.07, 6.45) is 22.6. The second-order valence-electron chi connectivity index (χ2n) is 10.7. The maximum absolute atomic E-state index is 12.7. The van der Waals surface area contributed by atoms with Crippen molar-refractivity contribution >= 4 is 12.1 Å². The van der Waals surface area contributed by atoms with Crippen molar-refractivity contribution in [1.29, 1.82) is 0 Å². The Kier molecular flexibility index (Phi) is 23.6. The summed E-state index contributed by atoms with van der Waals surface area (Å²) in [5, 5.41) is 0. The fourth-order valence-corrected chi connectivity index (χ4v) is 4.34. The molecule has 0 saturated heterocycles. The van der Waals surface area contributed by atoms with E-state index in [4.69, 9.17) is 9.47 Å². The number of unbranched alkanes of at least 4 members (excludes halogenated alkanes) is 16. The van der Waals surface area contributed by atoms with E-state index in [1.165, 1.54) is 81.9 Å². The van der Waals surface area contributed by atoms with E-state index in [1.807, 2.05) is 0 Å². The third kappa shape index (κ3) is 20.6. The third-order valence-electron chi connectivity index (χ3n) is 6.69. The number of ether oxygens (including phenoxy) is 2. The van der Waals surface area contributed by atoms with Crippen LogP contribution in [0.25, 0.3) is 0 Å². The number of nitrogens with zero attached hydrogens (tertiary/aromatic N) is 1. The van der Waals surface area contributed by atoms with Crippen LogP contribution < -0.4 is 0 Å². The van der Waals surface area contributed by atoms with Gasteiger partial charge in [-0.1, -0.05) is 130 Å². The Labute approximate surface area is 218 Å². The minimum atomic E-state index is -0.579. The zero-order valence-electron chi connectivity index (χ0n) is 24.1. The van der Waals surface area contributed by atoms with Crippen molar-refractivity contribution in [3.63, 3.8) is 0 Å². The number of rotatable bonds is 24. The minimum Gasteiger partial charge on any atom is -0.464 e. The molecular formula is C30H59NO4. The van der Waals surface area contributed by atoms with Crippen LogP contribution in [0.1, 0.15) is 150 Å². The first-order valence-electron chi connectivity index (χ1n) is 15.0. The van der Waals surface area contributed by atoms with Crippen LogP contribution in [0.4, 0.5) is 4.79 Å². The molecule has 0 aliphatic carbocycles. The molecule has 0 spiro atoms. The quantitative estimate of drug-likeness (QED) is 0.0985. The maximum atomic E-state index is 12.7. The first-order valence-corrected chi connectivity index (χ1v) is 15.0. The molecule has 0 heterocycles. The van der Waals surface area contributed by atoms with Crippen molar-refractivity contribution in [3.05, 3.63) is 0 Å². The Balaban J connectivity index is 3.92. The fourth-order valence-electron chi connectivity index (χ4n) is 4.34. The molecule has 0 aliphatic rings. The van der Waals surface area contributed by atoms with Gasteiger partial charge in [-0.3, -0.25) is 4.90 Å². The lowest BCUT2D eigenvalue weighted by Gasteiger charge is -2.27. The molecule has 0 saturated carbocycles. The smallest absolute Gasteiger partial charge is 0.410 e. The van der Waals surface area contributed by atoms with Gasteiger partial charge in [-0.05, 0) is 25.2 Å². The molecule has 1 amide bonds. The number of carbonyl (C=O) groups is 2. The zero-order chi connectivity index (χ0) is 26.2. The van der Waals surface area contributed by atoms with Crippen molar-refractivity contribution in [2.45, 2.75) is 156 Å². The van der Waals surface area contributed by atoms with Crippen LogP contribution in [0.15, 0.2) is 0 Å². The maximum Gasteiger partial charge on any atom is 0.410 e. The van der Waals surface area contributed by atoms with Crippen LogP contribution in [0.2, 0.25) is 0 Å². The summed E-state index contributed by atoms with van der Waals surface area (Å²) in [5.74, 6) is -0.0211. The van der Waals surface area contributed by atoms with Crippen molar-refractivity contribution in [2.24, 2.45) is 5.92 Å². The van der Waals surface area contributed by atoms with Crippen LogP contribution in [0.5, 0.6) is 0 Å². The van der Waals surface area contributed by atoms with E-state index in [1.54, 1.807) is 7.05 Å². The number of hydrogen-bond donors (Lipinski definition) is 0. The average molecular weight is 498 g/mol. The molecule has 0 aromatic rings. The largest absolute Gasteiger partial charge is 0.464 e. The predicted octanol–water partition coefficient (Wildman–Crippen LogP) is 9.07. The van der Waals surface area contributed by atoms with Crippen LogP contribution in [-0.4, -0.2) is 43.3 Å². The SMILES string of the molecule is CCCCCCCCCCCCCCCCOC(=O)[C@H](CC(C)C)N(C)C(=O)OCCCCCC. The standard InChI is InChI=1S/C30H59NO4/c1-6-8-10-12-13-14-15-16-17-18-19-20-21-23-24-34-29(32)28(26-27(3)4)31(5)30(33)35-25-22-11-9-7-2/h27-28H,6-26H2,1-5H3/t28-/m0/s1. The molecule has 35 heavy (non-hydrogen) atoms. The van der Waals surface area contributed by atoms with E-state index in [0.29, 0.717) is 19.6 Å². The number of esters is 1. The van der Waals surface area contributed by atoms with Gasteiger partial charge in [0, 0.05) is 7.05 Å². The molecule has 0 aromatic carbocycles. The van der Waals surface area contributed by atoms with E-state index in [9.17, 15) is 9.59 Å². The molecule has 208 valence electrons. The van der Waals surface area contributed by atoms with Crippen LogP contribution in [0, 0.1) is 5.92 Å². The molecule has 0 aromatic heterocycles. The highest BCUT2D eigenvalue weighted by Gasteiger charge is 2.29. The van der Waals surface area contributed by atoms with Gasteiger partial charge in [-0.2, -0.15) is 0 Å². The number of hydrogen-bond acceptors (Lipinski definition) is 4. The van der Waals surface area contributed by atoms with Crippen molar-refractivity contribution in [3.8, 4) is 0 Å². The van der Waals surface area contributed by atoms with Crippen molar-refractivity contribution < 1.29 is 19.1 Å². The molecule has 0 aliphatic heterocycles. The van der Waals surface area contributed by atoms with Crippen LogP contribution >= 0.6 is 0 Å². The monoisotopic (exact) mass is 497 g/mol. The molecule has 0 N–H and O–H groups in total. The molecule has 0 rings (SSSR count). The fraction of sp³-hybridized carbons (Fsp3) is 0.933. The summed E-state index contributed by atoms with van der Waals surface area (Å²) >= 11 is 0. The van der Waals surface area contributed by atoms with Crippen LogP contribution in [0.3, 0.4) is 0 Å². The highest BCUT2D eigenvalue weighted by atomic mass is 16.6. The van der Waals surface area contributed by atoms with E-state index >= 15 is 0 Å². The van der Waals surface area contributed by atoms with Crippen molar-refractivity contribution in [1.82, 2.24) is 4.90 Å². The van der Waals surface area contributed by atoms with Gasteiger partial charge in [0.2, 0.25) is 0 Å². The van der Waals surface area contributed by atoms with Gasteiger partial charge in [-0.25, -0.2) is 9.59 Å². The summed E-state index contributed by atoms with van der Waals surface area (Å²) in [6.45, 7) is 9.37. The number of carbonyl (C=O) groups excluding carboxylic acids is 2. The first kappa shape index (κ1) is 33.7. The third-order valence-corrected chi connectivity index (χ3v) is 6.69. The lowest BCUT2D eigenvalue weighted by molar-refractivity contribution is -0.149. The van der Waals surface area contributed by atoms with E-state index in [0.717, 1.165) is 38.5 Å². The first-order chi connectivity index (χ1) is 16.9. The Morgan fingerprint density at radius 3 is 1.40 bits per heavy atom. The molecule has 5 heteroatoms. The molecule has 0 bridgehead atoms. The summed E-state index contributed by atoms with van der Waals surface area (Å²) in [7, 11) is 1.65. The van der Waals surface area contributed by atoms with Gasteiger partial charge >= 0.3 is 12.1 Å². The Morgan fingerprint density at radius 1 is 0.600 bits per heavy atom.